The van der Waals surface area contributed by atoms with Crippen molar-refractivity contribution in [1.29, 1.82) is 0 Å². The van der Waals surface area contributed by atoms with Crippen molar-refractivity contribution in [1.82, 2.24) is 10.6 Å². The molecule has 0 spiro atoms. The topological polar surface area (TPSA) is 114 Å². The average Bonchev–Trinajstić information content (AvgIpc) is 3.41. The monoisotopic (exact) mass is 480 g/mol. The van der Waals surface area contributed by atoms with Gasteiger partial charge in [-0.05, 0) is 41.0 Å². The Labute approximate surface area is 205 Å². The lowest BCUT2D eigenvalue weighted by Crippen LogP contribution is -2.38. The predicted molar refractivity (Wildman–Crippen MR) is 130 cm³/mol. The van der Waals surface area contributed by atoms with Crippen molar-refractivity contribution in [2.75, 3.05) is 26.4 Å². The van der Waals surface area contributed by atoms with Gasteiger partial charge in [0.1, 0.15) is 6.61 Å². The lowest BCUT2D eigenvalue weighted by molar-refractivity contribution is -0.138. The second kappa shape index (κ2) is 11.8. The molecule has 0 bridgehead atoms. The number of nitrogens with one attached hydrogen (secondary N) is 2. The first-order valence-corrected chi connectivity index (χ1v) is 12.2. The van der Waals surface area contributed by atoms with Crippen LogP contribution in [0.3, 0.4) is 0 Å². The van der Waals surface area contributed by atoms with Crippen LogP contribution in [-0.2, 0) is 19.1 Å². The van der Waals surface area contributed by atoms with E-state index in [0.29, 0.717) is 0 Å². The van der Waals surface area contributed by atoms with Gasteiger partial charge in [0.25, 0.3) is 0 Å². The van der Waals surface area contributed by atoms with Gasteiger partial charge in [-0.15, -0.1) is 0 Å². The lowest BCUT2D eigenvalue weighted by Gasteiger charge is -2.19. The molecule has 2 unspecified atom stereocenters. The molecule has 2 atom stereocenters. The van der Waals surface area contributed by atoms with E-state index in [4.69, 9.17) is 14.6 Å². The van der Waals surface area contributed by atoms with Crippen LogP contribution in [0.25, 0.3) is 11.1 Å². The van der Waals surface area contributed by atoms with Crippen LogP contribution >= 0.6 is 0 Å². The average molecular weight is 481 g/mol. The van der Waals surface area contributed by atoms with Gasteiger partial charge in [0.15, 0.2) is 0 Å². The molecule has 186 valence electrons. The number of rotatable bonds is 11. The van der Waals surface area contributed by atoms with E-state index < -0.39 is 12.1 Å². The molecule has 1 saturated carbocycles. The molecule has 0 aliphatic heterocycles. The molecular formula is C27H32N2O6. The zero-order valence-electron chi connectivity index (χ0n) is 19.7. The molecule has 2 aliphatic carbocycles. The summed E-state index contributed by atoms with van der Waals surface area (Å²) >= 11 is 0. The summed E-state index contributed by atoms with van der Waals surface area (Å²) in [7, 11) is 0. The summed E-state index contributed by atoms with van der Waals surface area (Å²) in [6.45, 7) is 1.03. The van der Waals surface area contributed by atoms with Crippen LogP contribution in [0, 0.1) is 5.92 Å². The van der Waals surface area contributed by atoms with Gasteiger partial charge >= 0.3 is 12.1 Å². The van der Waals surface area contributed by atoms with Crippen LogP contribution < -0.4 is 10.6 Å². The summed E-state index contributed by atoms with van der Waals surface area (Å²) in [5.74, 6) is -0.961. The van der Waals surface area contributed by atoms with Crippen molar-refractivity contribution in [3.8, 4) is 11.1 Å². The first kappa shape index (κ1) is 24.7. The second-order valence-electron chi connectivity index (χ2n) is 9.08. The number of fused-ring (bicyclic) bond motifs is 3. The highest BCUT2D eigenvalue weighted by Crippen LogP contribution is 2.44. The van der Waals surface area contributed by atoms with Gasteiger partial charge in [0, 0.05) is 24.9 Å². The molecule has 2 aliphatic rings. The molecule has 8 nitrogen and oxygen atoms in total. The maximum absolute atomic E-state index is 12.2. The molecule has 3 N–H and O–H groups in total. The van der Waals surface area contributed by atoms with Gasteiger partial charge in [0.2, 0.25) is 5.91 Å². The SMILES string of the molecule is O=C(O)CC1CCCC1NC(=O)CCOCCNC(=O)OCC1c2ccccc2-c2ccccc21. The Balaban J connectivity index is 1.11. The zero-order chi connectivity index (χ0) is 24.6. The fourth-order valence-electron chi connectivity index (χ4n) is 5.12. The molecule has 2 aromatic carbocycles. The largest absolute Gasteiger partial charge is 0.481 e. The minimum Gasteiger partial charge on any atom is -0.481 e. The number of hydrogen-bond acceptors (Lipinski definition) is 5. The summed E-state index contributed by atoms with van der Waals surface area (Å²) in [6, 6.07) is 16.3. The number of benzene rings is 2. The molecule has 0 heterocycles. The first-order chi connectivity index (χ1) is 17.0. The number of carbonyl (C=O) groups excluding carboxylic acids is 2. The number of amides is 2. The van der Waals surface area contributed by atoms with E-state index in [9.17, 15) is 14.4 Å². The van der Waals surface area contributed by atoms with E-state index in [0.717, 1.165) is 30.4 Å². The second-order valence-corrected chi connectivity index (χ2v) is 9.08. The van der Waals surface area contributed by atoms with Crippen molar-refractivity contribution >= 4 is 18.0 Å². The Morgan fingerprint density at radius 1 is 0.943 bits per heavy atom. The molecule has 8 heteroatoms. The van der Waals surface area contributed by atoms with E-state index in [2.05, 4.69) is 34.9 Å². The number of carbonyl (C=O) groups is 3. The van der Waals surface area contributed by atoms with Crippen LogP contribution in [0.2, 0.25) is 0 Å². The number of ether oxygens (including phenoxy) is 2. The molecule has 4 rings (SSSR count). The zero-order valence-corrected chi connectivity index (χ0v) is 19.7. The first-order valence-electron chi connectivity index (χ1n) is 12.2. The van der Waals surface area contributed by atoms with Gasteiger partial charge in [-0.3, -0.25) is 9.59 Å². The molecule has 0 aromatic heterocycles. The lowest BCUT2D eigenvalue weighted by atomic mass is 9.98. The van der Waals surface area contributed by atoms with Gasteiger partial charge < -0.3 is 25.2 Å². The molecule has 0 saturated heterocycles. The molecule has 35 heavy (non-hydrogen) atoms. The Morgan fingerprint density at radius 3 is 2.31 bits per heavy atom. The third-order valence-corrected chi connectivity index (χ3v) is 6.78. The maximum Gasteiger partial charge on any atom is 0.407 e. The Hall–Kier alpha value is -3.39. The summed E-state index contributed by atoms with van der Waals surface area (Å²) in [6.07, 6.45) is 2.36. The number of hydrogen-bond donors (Lipinski definition) is 3. The van der Waals surface area contributed by atoms with E-state index in [1.54, 1.807) is 0 Å². The maximum atomic E-state index is 12.2. The standard InChI is InChI=1S/C27H32N2O6/c30-25(29-24-11-5-6-18(24)16-26(31)32)12-14-34-15-13-28-27(33)35-17-23-21-9-3-1-7-19(21)20-8-2-4-10-22(20)23/h1-4,7-10,18,23-24H,5-6,11-17H2,(H,28,33)(H,29,30)(H,31,32). The number of aliphatic carboxylic acids is 1. The molecule has 1 fully saturated rings. The Kier molecular flexibility index (Phi) is 8.36. The molecule has 2 aromatic rings. The summed E-state index contributed by atoms with van der Waals surface area (Å²) in [5.41, 5.74) is 4.68. The highest BCUT2D eigenvalue weighted by Gasteiger charge is 2.30. The fraction of sp³-hybridized carbons (Fsp3) is 0.444. The number of carboxylic acid groups (broad SMARTS) is 1. The smallest absolute Gasteiger partial charge is 0.407 e. The van der Waals surface area contributed by atoms with Gasteiger partial charge in [0.05, 0.1) is 19.6 Å². The van der Waals surface area contributed by atoms with Crippen LogP contribution in [0.5, 0.6) is 0 Å². The normalized spacial score (nSPS) is 18.5. The highest BCUT2D eigenvalue weighted by molar-refractivity contribution is 5.79. The summed E-state index contributed by atoms with van der Waals surface area (Å²) < 4.78 is 10.9. The summed E-state index contributed by atoms with van der Waals surface area (Å²) in [5, 5.41) is 14.6. The van der Waals surface area contributed by atoms with E-state index in [1.165, 1.54) is 11.1 Å². The van der Waals surface area contributed by atoms with Crippen molar-refractivity contribution < 1.29 is 29.0 Å². The predicted octanol–water partition coefficient (Wildman–Crippen LogP) is 3.69. The van der Waals surface area contributed by atoms with Crippen molar-refractivity contribution in [3.05, 3.63) is 59.7 Å². The van der Waals surface area contributed by atoms with Gasteiger partial charge in [-0.1, -0.05) is 55.0 Å². The minimum absolute atomic E-state index is 0.00114. The van der Waals surface area contributed by atoms with Crippen LogP contribution in [0.4, 0.5) is 4.79 Å². The highest BCUT2D eigenvalue weighted by atomic mass is 16.5. The van der Waals surface area contributed by atoms with E-state index >= 15 is 0 Å². The van der Waals surface area contributed by atoms with E-state index in [1.807, 2.05) is 24.3 Å². The third kappa shape index (κ3) is 6.39. The summed E-state index contributed by atoms with van der Waals surface area (Å²) in [4.78, 5) is 35.2. The van der Waals surface area contributed by atoms with E-state index in [-0.39, 0.29) is 63.0 Å². The van der Waals surface area contributed by atoms with Crippen LogP contribution in [0.1, 0.15) is 49.1 Å². The molecule has 0 radical (unpaired) electrons. The van der Waals surface area contributed by atoms with Gasteiger partial charge in [-0.2, -0.15) is 0 Å². The number of alkyl carbamates (subject to hydrolysis) is 1. The minimum atomic E-state index is -0.830. The molecule has 2 amide bonds. The molecular weight excluding hydrogens is 448 g/mol. The van der Waals surface area contributed by atoms with Crippen molar-refractivity contribution in [2.45, 2.75) is 44.1 Å². The third-order valence-electron chi connectivity index (χ3n) is 6.78. The van der Waals surface area contributed by atoms with Crippen molar-refractivity contribution in [3.63, 3.8) is 0 Å². The quantitative estimate of drug-likeness (QED) is 0.423. The van der Waals surface area contributed by atoms with Crippen LogP contribution in [0.15, 0.2) is 48.5 Å². The Bertz CT molecular complexity index is 1010. The Morgan fingerprint density at radius 2 is 1.63 bits per heavy atom. The van der Waals surface area contributed by atoms with Gasteiger partial charge in [-0.25, -0.2) is 4.79 Å². The van der Waals surface area contributed by atoms with Crippen LogP contribution in [-0.4, -0.2) is 55.5 Å². The number of carboxylic acids is 1. The fourth-order valence-corrected chi connectivity index (χ4v) is 5.12. The van der Waals surface area contributed by atoms with Crippen molar-refractivity contribution in [2.24, 2.45) is 5.92 Å².